The van der Waals surface area contributed by atoms with Gasteiger partial charge in [-0.3, -0.25) is 0 Å². The molecular weight excluding hydrogens is 220 g/mol. The largest absolute Gasteiger partial charge is 0.466 e. The molecular formula is C12H12N2O3. The van der Waals surface area contributed by atoms with Crippen LogP contribution in [0.4, 0.5) is 0 Å². The Morgan fingerprint density at radius 2 is 2.53 bits per heavy atom. The van der Waals surface area contributed by atoms with E-state index in [0.717, 1.165) is 0 Å². The van der Waals surface area contributed by atoms with Crippen LogP contribution in [0.1, 0.15) is 5.76 Å². The maximum Gasteiger partial charge on any atom is 0.335 e. The van der Waals surface area contributed by atoms with Crippen molar-refractivity contribution in [3.05, 3.63) is 48.5 Å². The summed E-state index contributed by atoms with van der Waals surface area (Å²) in [7, 11) is 1.35. The molecule has 0 aliphatic rings. The highest BCUT2D eigenvalue weighted by Gasteiger charge is 2.11. The van der Waals surface area contributed by atoms with E-state index in [1.165, 1.54) is 7.11 Å². The first-order valence-electron chi connectivity index (χ1n) is 5.07. The van der Waals surface area contributed by atoms with Gasteiger partial charge in [-0.15, -0.1) is 0 Å². The van der Waals surface area contributed by atoms with Gasteiger partial charge in [0, 0.05) is 12.4 Å². The Balaban J connectivity index is 2.22. The SMILES string of the molecule is COC(=O)/C(=C/c1ccco1)Cn1ccnc1. The lowest BCUT2D eigenvalue weighted by Gasteiger charge is -2.05. The van der Waals surface area contributed by atoms with Gasteiger partial charge in [-0.25, -0.2) is 9.78 Å². The van der Waals surface area contributed by atoms with Gasteiger partial charge in [0.25, 0.3) is 0 Å². The third-order valence-corrected chi connectivity index (χ3v) is 2.22. The van der Waals surface area contributed by atoms with E-state index in [9.17, 15) is 4.79 Å². The Kier molecular flexibility index (Phi) is 3.40. The van der Waals surface area contributed by atoms with E-state index in [4.69, 9.17) is 9.15 Å². The fraction of sp³-hybridized carbons (Fsp3) is 0.167. The average Bonchev–Trinajstić information content (AvgIpc) is 3.00. The molecule has 0 amide bonds. The van der Waals surface area contributed by atoms with E-state index >= 15 is 0 Å². The van der Waals surface area contributed by atoms with Gasteiger partial charge < -0.3 is 13.7 Å². The van der Waals surface area contributed by atoms with E-state index in [2.05, 4.69) is 4.98 Å². The summed E-state index contributed by atoms with van der Waals surface area (Å²) in [6, 6.07) is 3.54. The Morgan fingerprint density at radius 1 is 1.65 bits per heavy atom. The van der Waals surface area contributed by atoms with Crippen molar-refractivity contribution in [2.45, 2.75) is 6.54 Å². The molecule has 2 aromatic rings. The first kappa shape index (κ1) is 11.2. The van der Waals surface area contributed by atoms with E-state index in [1.807, 2.05) is 0 Å². The number of hydrogen-bond acceptors (Lipinski definition) is 4. The molecule has 0 aromatic carbocycles. The third kappa shape index (κ3) is 2.84. The van der Waals surface area contributed by atoms with Crippen molar-refractivity contribution in [1.82, 2.24) is 9.55 Å². The number of hydrogen-bond donors (Lipinski definition) is 0. The maximum atomic E-state index is 11.6. The second kappa shape index (κ2) is 5.16. The molecule has 17 heavy (non-hydrogen) atoms. The highest BCUT2D eigenvalue weighted by atomic mass is 16.5. The highest BCUT2D eigenvalue weighted by molar-refractivity contribution is 5.93. The van der Waals surface area contributed by atoms with E-state index in [-0.39, 0.29) is 5.97 Å². The molecule has 0 fully saturated rings. The molecule has 0 saturated carbocycles. The summed E-state index contributed by atoms with van der Waals surface area (Å²) >= 11 is 0. The molecule has 88 valence electrons. The zero-order chi connectivity index (χ0) is 12.1. The molecule has 2 heterocycles. The molecule has 0 bridgehead atoms. The van der Waals surface area contributed by atoms with Gasteiger partial charge in [-0.2, -0.15) is 0 Å². The standard InChI is InChI=1S/C12H12N2O3/c1-16-12(15)10(7-11-3-2-6-17-11)8-14-5-4-13-9-14/h2-7,9H,8H2,1H3/b10-7+. The van der Waals surface area contributed by atoms with Crippen molar-refractivity contribution < 1.29 is 13.9 Å². The molecule has 5 nitrogen and oxygen atoms in total. The van der Waals surface area contributed by atoms with Crippen molar-refractivity contribution in [1.29, 1.82) is 0 Å². The molecule has 2 aromatic heterocycles. The summed E-state index contributed by atoms with van der Waals surface area (Å²) in [5.74, 6) is 0.237. The summed E-state index contributed by atoms with van der Waals surface area (Å²) in [6.45, 7) is 0.396. The normalized spacial score (nSPS) is 11.5. The van der Waals surface area contributed by atoms with Crippen LogP contribution in [0, 0.1) is 0 Å². The summed E-state index contributed by atoms with van der Waals surface area (Å²) in [6.07, 6.45) is 8.28. The van der Waals surface area contributed by atoms with Gasteiger partial charge in [0.05, 0.1) is 31.8 Å². The first-order valence-corrected chi connectivity index (χ1v) is 5.07. The van der Waals surface area contributed by atoms with Gasteiger partial charge >= 0.3 is 5.97 Å². The van der Waals surface area contributed by atoms with Crippen LogP contribution in [0.25, 0.3) is 6.08 Å². The molecule has 0 aliphatic heterocycles. The number of imidazole rings is 1. The van der Waals surface area contributed by atoms with Crippen molar-refractivity contribution in [3.63, 3.8) is 0 Å². The number of carbonyl (C=O) groups is 1. The molecule has 0 atom stereocenters. The summed E-state index contributed by atoms with van der Waals surface area (Å²) < 4.78 is 11.7. The fourth-order valence-electron chi connectivity index (χ4n) is 1.42. The monoisotopic (exact) mass is 232 g/mol. The molecule has 0 N–H and O–H groups in total. The second-order valence-electron chi connectivity index (χ2n) is 3.41. The molecule has 0 aliphatic carbocycles. The van der Waals surface area contributed by atoms with Crippen LogP contribution in [0.2, 0.25) is 0 Å². The van der Waals surface area contributed by atoms with Gasteiger partial charge in [0.15, 0.2) is 0 Å². The van der Waals surface area contributed by atoms with Crippen LogP contribution in [-0.2, 0) is 16.1 Å². The van der Waals surface area contributed by atoms with Crippen LogP contribution in [0.5, 0.6) is 0 Å². The summed E-state index contributed by atoms with van der Waals surface area (Å²) in [5.41, 5.74) is 0.500. The minimum absolute atomic E-state index is 0.380. The number of ether oxygens (including phenoxy) is 1. The zero-order valence-corrected chi connectivity index (χ0v) is 9.37. The lowest BCUT2D eigenvalue weighted by molar-refractivity contribution is -0.136. The maximum absolute atomic E-state index is 11.6. The van der Waals surface area contributed by atoms with Crippen LogP contribution in [0.3, 0.4) is 0 Å². The quantitative estimate of drug-likeness (QED) is 0.595. The summed E-state index contributed by atoms with van der Waals surface area (Å²) in [4.78, 5) is 15.5. The minimum atomic E-state index is -0.380. The summed E-state index contributed by atoms with van der Waals surface area (Å²) in [5, 5.41) is 0. The predicted octanol–water partition coefficient (Wildman–Crippen LogP) is 1.73. The van der Waals surface area contributed by atoms with Crippen LogP contribution >= 0.6 is 0 Å². The topological polar surface area (TPSA) is 57.3 Å². The Hall–Kier alpha value is -2.30. The van der Waals surface area contributed by atoms with Gasteiger partial charge in [-0.1, -0.05) is 0 Å². The van der Waals surface area contributed by atoms with Crippen molar-refractivity contribution in [3.8, 4) is 0 Å². The van der Waals surface area contributed by atoms with Crippen molar-refractivity contribution in [2.75, 3.05) is 7.11 Å². The average molecular weight is 232 g/mol. The Labute approximate surface area is 98.3 Å². The van der Waals surface area contributed by atoms with Crippen molar-refractivity contribution in [2.24, 2.45) is 0 Å². The van der Waals surface area contributed by atoms with Crippen molar-refractivity contribution >= 4 is 12.0 Å². The predicted molar refractivity (Wildman–Crippen MR) is 60.9 cm³/mol. The van der Waals surface area contributed by atoms with Gasteiger partial charge in [0.2, 0.25) is 0 Å². The number of rotatable bonds is 4. The molecule has 0 saturated heterocycles. The van der Waals surface area contributed by atoms with E-state index < -0.39 is 0 Å². The number of nitrogens with zero attached hydrogens (tertiary/aromatic N) is 2. The molecule has 5 heteroatoms. The minimum Gasteiger partial charge on any atom is -0.466 e. The highest BCUT2D eigenvalue weighted by Crippen LogP contribution is 2.10. The number of methoxy groups -OCH3 is 1. The zero-order valence-electron chi connectivity index (χ0n) is 9.37. The van der Waals surface area contributed by atoms with Gasteiger partial charge in [-0.05, 0) is 18.2 Å². The number of furan rings is 1. The molecule has 0 unspecified atom stereocenters. The first-order chi connectivity index (χ1) is 8.29. The molecule has 0 radical (unpaired) electrons. The fourth-order valence-corrected chi connectivity index (χ4v) is 1.42. The smallest absolute Gasteiger partial charge is 0.335 e. The second-order valence-corrected chi connectivity index (χ2v) is 3.41. The third-order valence-electron chi connectivity index (χ3n) is 2.22. The Morgan fingerprint density at radius 3 is 3.12 bits per heavy atom. The van der Waals surface area contributed by atoms with E-state index in [1.54, 1.807) is 47.8 Å². The van der Waals surface area contributed by atoms with Crippen LogP contribution < -0.4 is 0 Å². The number of esters is 1. The van der Waals surface area contributed by atoms with Crippen LogP contribution in [-0.4, -0.2) is 22.6 Å². The Bertz CT molecular complexity index is 498. The molecule has 2 rings (SSSR count). The lowest BCUT2D eigenvalue weighted by Crippen LogP contribution is -2.10. The lowest BCUT2D eigenvalue weighted by atomic mass is 10.2. The van der Waals surface area contributed by atoms with Gasteiger partial charge in [0.1, 0.15) is 5.76 Å². The molecule has 0 spiro atoms. The van der Waals surface area contributed by atoms with E-state index in [0.29, 0.717) is 17.9 Å². The number of aromatic nitrogens is 2. The van der Waals surface area contributed by atoms with Crippen LogP contribution in [0.15, 0.2) is 47.1 Å². The number of carbonyl (C=O) groups excluding carboxylic acids is 1.